The van der Waals surface area contributed by atoms with E-state index in [1.54, 1.807) is 19.1 Å². The summed E-state index contributed by atoms with van der Waals surface area (Å²) in [6.07, 6.45) is 1.24. The molecule has 0 spiro atoms. The lowest BCUT2D eigenvalue weighted by atomic mass is 10.1. The van der Waals surface area contributed by atoms with Gasteiger partial charge in [0, 0.05) is 0 Å². The van der Waals surface area contributed by atoms with Gasteiger partial charge in [-0.3, -0.25) is 14.9 Å². The van der Waals surface area contributed by atoms with Crippen molar-refractivity contribution in [2.75, 3.05) is 11.5 Å². The molecule has 0 atom stereocenters. The summed E-state index contributed by atoms with van der Waals surface area (Å²) in [6.45, 7) is 2.11. The molecular formula is C26H19ClF2N2O5. The van der Waals surface area contributed by atoms with E-state index in [9.17, 15) is 23.2 Å². The van der Waals surface area contributed by atoms with Crippen molar-refractivity contribution >= 4 is 41.2 Å². The number of urea groups is 1. The maximum atomic E-state index is 13.7. The Labute approximate surface area is 209 Å². The minimum atomic E-state index is -0.995. The number of benzene rings is 3. The van der Waals surface area contributed by atoms with E-state index in [4.69, 9.17) is 21.1 Å². The molecule has 1 fully saturated rings. The number of halogens is 3. The van der Waals surface area contributed by atoms with E-state index >= 15 is 0 Å². The van der Waals surface area contributed by atoms with Crippen LogP contribution in [-0.4, -0.2) is 24.5 Å². The zero-order chi connectivity index (χ0) is 25.8. The van der Waals surface area contributed by atoms with Crippen LogP contribution in [0.1, 0.15) is 18.1 Å². The fraction of sp³-hybridized carbons (Fsp3) is 0.115. The fourth-order valence-electron chi connectivity index (χ4n) is 3.48. The predicted molar refractivity (Wildman–Crippen MR) is 129 cm³/mol. The largest absolute Gasteiger partial charge is 0.490 e. The number of rotatable bonds is 7. The third kappa shape index (κ3) is 5.36. The van der Waals surface area contributed by atoms with Gasteiger partial charge in [0.25, 0.3) is 11.8 Å². The van der Waals surface area contributed by atoms with Crippen molar-refractivity contribution in [1.29, 1.82) is 0 Å². The van der Waals surface area contributed by atoms with E-state index in [1.807, 2.05) is 0 Å². The number of anilines is 1. The van der Waals surface area contributed by atoms with Crippen LogP contribution in [0.15, 0.2) is 66.2 Å². The Balaban J connectivity index is 1.66. The second-order valence-corrected chi connectivity index (χ2v) is 8.02. The smallest absolute Gasteiger partial charge is 0.335 e. The van der Waals surface area contributed by atoms with Crippen LogP contribution in [0, 0.1) is 11.6 Å². The maximum Gasteiger partial charge on any atom is 0.335 e. The Hall–Kier alpha value is -4.24. The van der Waals surface area contributed by atoms with Crippen molar-refractivity contribution in [2.45, 2.75) is 13.5 Å². The number of amides is 4. The normalized spacial score (nSPS) is 14.7. The molecule has 184 valence electrons. The second-order valence-electron chi connectivity index (χ2n) is 7.62. The zero-order valence-electron chi connectivity index (χ0n) is 18.9. The number of nitrogens with zero attached hydrogens (tertiary/aromatic N) is 1. The first-order valence-corrected chi connectivity index (χ1v) is 11.1. The van der Waals surface area contributed by atoms with Crippen molar-refractivity contribution in [3.05, 3.63) is 94.0 Å². The van der Waals surface area contributed by atoms with Crippen LogP contribution in [0.5, 0.6) is 11.5 Å². The van der Waals surface area contributed by atoms with E-state index in [1.165, 1.54) is 42.5 Å². The van der Waals surface area contributed by atoms with Crippen LogP contribution < -0.4 is 19.7 Å². The Morgan fingerprint density at radius 3 is 2.42 bits per heavy atom. The van der Waals surface area contributed by atoms with Gasteiger partial charge in [-0.2, -0.15) is 0 Å². The van der Waals surface area contributed by atoms with Crippen molar-refractivity contribution in [3.8, 4) is 11.5 Å². The first-order valence-electron chi connectivity index (χ1n) is 10.8. The number of imide groups is 2. The molecule has 4 amide bonds. The zero-order valence-corrected chi connectivity index (χ0v) is 19.6. The summed E-state index contributed by atoms with van der Waals surface area (Å²) in [7, 11) is 0. The lowest BCUT2D eigenvalue weighted by Gasteiger charge is -2.26. The highest BCUT2D eigenvalue weighted by Gasteiger charge is 2.37. The summed E-state index contributed by atoms with van der Waals surface area (Å²) in [5, 5.41) is 2.21. The van der Waals surface area contributed by atoms with Crippen molar-refractivity contribution in [3.63, 3.8) is 0 Å². The van der Waals surface area contributed by atoms with E-state index in [2.05, 4.69) is 5.32 Å². The summed E-state index contributed by atoms with van der Waals surface area (Å²) >= 11 is 6.43. The molecule has 3 aromatic carbocycles. The lowest BCUT2D eigenvalue weighted by Crippen LogP contribution is -2.54. The van der Waals surface area contributed by atoms with Crippen molar-refractivity contribution < 1.29 is 32.6 Å². The molecule has 1 heterocycles. The maximum absolute atomic E-state index is 13.7. The Morgan fingerprint density at radius 1 is 0.972 bits per heavy atom. The van der Waals surface area contributed by atoms with Gasteiger partial charge in [0.15, 0.2) is 11.5 Å². The molecule has 0 saturated carbocycles. The third-order valence-electron chi connectivity index (χ3n) is 5.11. The number of hydrogen-bond acceptors (Lipinski definition) is 5. The average molecular weight is 513 g/mol. The molecule has 0 aromatic heterocycles. The fourth-order valence-corrected chi connectivity index (χ4v) is 3.76. The van der Waals surface area contributed by atoms with Crippen LogP contribution in [-0.2, 0) is 16.2 Å². The highest BCUT2D eigenvalue weighted by molar-refractivity contribution is 6.39. The van der Waals surface area contributed by atoms with Crippen LogP contribution in [0.4, 0.5) is 19.3 Å². The molecule has 7 nitrogen and oxygen atoms in total. The molecule has 1 N–H and O–H groups in total. The molecule has 1 aliphatic rings. The molecule has 36 heavy (non-hydrogen) atoms. The third-order valence-corrected chi connectivity index (χ3v) is 5.39. The molecule has 3 aromatic rings. The molecule has 10 heteroatoms. The number of nitrogens with one attached hydrogen (secondary N) is 1. The van der Waals surface area contributed by atoms with E-state index in [0.29, 0.717) is 16.0 Å². The van der Waals surface area contributed by atoms with Gasteiger partial charge >= 0.3 is 6.03 Å². The number of hydrogen-bond donors (Lipinski definition) is 1. The van der Waals surface area contributed by atoms with E-state index in [-0.39, 0.29) is 46.8 Å². The van der Waals surface area contributed by atoms with Gasteiger partial charge < -0.3 is 9.47 Å². The molecule has 0 aliphatic carbocycles. The van der Waals surface area contributed by atoms with Crippen molar-refractivity contribution in [2.24, 2.45) is 0 Å². The van der Waals surface area contributed by atoms with Gasteiger partial charge in [-0.05, 0) is 66.6 Å². The van der Waals surface area contributed by atoms with Gasteiger partial charge in [-0.15, -0.1) is 0 Å². The molecule has 0 bridgehead atoms. The highest BCUT2D eigenvalue weighted by atomic mass is 35.5. The van der Waals surface area contributed by atoms with Gasteiger partial charge in [0.2, 0.25) is 0 Å². The van der Waals surface area contributed by atoms with Crippen LogP contribution in [0.25, 0.3) is 6.08 Å². The van der Waals surface area contributed by atoms with Gasteiger partial charge in [-0.25, -0.2) is 18.5 Å². The van der Waals surface area contributed by atoms with Crippen LogP contribution >= 0.6 is 11.6 Å². The van der Waals surface area contributed by atoms with Gasteiger partial charge in [-0.1, -0.05) is 29.8 Å². The minimum Gasteiger partial charge on any atom is -0.490 e. The summed E-state index contributed by atoms with van der Waals surface area (Å²) in [5.74, 6) is -2.40. The number of barbiturate groups is 1. The molecule has 0 unspecified atom stereocenters. The predicted octanol–water partition coefficient (Wildman–Crippen LogP) is 5.26. The number of carbonyl (C=O) groups is 3. The number of ether oxygens (including phenoxy) is 2. The molecule has 1 saturated heterocycles. The molecule has 1 aliphatic heterocycles. The lowest BCUT2D eigenvalue weighted by molar-refractivity contribution is -0.122. The van der Waals surface area contributed by atoms with Crippen molar-refractivity contribution in [1.82, 2.24) is 5.32 Å². The van der Waals surface area contributed by atoms with E-state index in [0.717, 1.165) is 12.1 Å². The Bertz CT molecular complexity index is 1380. The summed E-state index contributed by atoms with van der Waals surface area (Å²) in [6, 6.07) is 12.6. The standard InChI is InChI=1S/C26H19ClF2N2O5/c1-2-35-22-12-16(11-21(27)23(22)36-14-15-6-8-17(28)9-7-15)10-20-24(32)30-26(34)31(25(20)33)19-5-3-4-18(29)13-19/h3-13H,2,14H2,1H3,(H,30,32,34)/b20-10+. The minimum absolute atomic E-state index is 0.0338. The monoisotopic (exact) mass is 512 g/mol. The first-order chi connectivity index (χ1) is 17.3. The summed E-state index contributed by atoms with van der Waals surface area (Å²) in [5.41, 5.74) is 0.628. The van der Waals surface area contributed by atoms with E-state index < -0.39 is 23.7 Å². The van der Waals surface area contributed by atoms with Crippen LogP contribution in [0.3, 0.4) is 0 Å². The summed E-state index contributed by atoms with van der Waals surface area (Å²) in [4.78, 5) is 38.5. The average Bonchev–Trinajstić information content (AvgIpc) is 2.82. The second kappa shape index (κ2) is 10.6. The highest BCUT2D eigenvalue weighted by Crippen LogP contribution is 2.38. The SMILES string of the molecule is CCOc1cc(/C=C2\C(=O)NC(=O)N(c3cccc(F)c3)C2=O)cc(Cl)c1OCc1ccc(F)cc1. The Kier molecular flexibility index (Phi) is 7.30. The van der Waals surface area contributed by atoms with Crippen LogP contribution in [0.2, 0.25) is 5.02 Å². The summed E-state index contributed by atoms with van der Waals surface area (Å²) < 4.78 is 38.3. The quantitative estimate of drug-likeness (QED) is 0.345. The molecular weight excluding hydrogens is 494 g/mol. The molecule has 4 rings (SSSR count). The molecule has 0 radical (unpaired) electrons. The van der Waals surface area contributed by atoms with Gasteiger partial charge in [0.1, 0.15) is 23.8 Å². The first kappa shape index (κ1) is 24.9. The Morgan fingerprint density at radius 2 is 1.72 bits per heavy atom. The van der Waals surface area contributed by atoms with Gasteiger partial charge in [0.05, 0.1) is 17.3 Å². The topological polar surface area (TPSA) is 84.9 Å². The number of carbonyl (C=O) groups excluding carboxylic acids is 3.